The zero-order valence-corrected chi connectivity index (χ0v) is 17.4. The Balaban J connectivity index is 1.60. The average Bonchev–Trinajstić information content (AvgIpc) is 3.39. The molecule has 0 aliphatic carbocycles. The minimum atomic E-state index is -0.326. The minimum Gasteiger partial charge on any atom is -0.493 e. The van der Waals surface area contributed by atoms with Crippen molar-refractivity contribution in [1.29, 1.82) is 0 Å². The Bertz CT molecular complexity index is 1070. The van der Waals surface area contributed by atoms with Gasteiger partial charge < -0.3 is 13.9 Å². The molecule has 2 aliphatic rings. The van der Waals surface area contributed by atoms with Crippen LogP contribution in [-0.2, 0) is 0 Å². The number of methoxy groups -OCH3 is 1. The number of thioether (sulfide) groups is 1. The molecule has 3 heterocycles. The first-order chi connectivity index (χ1) is 14.2. The Morgan fingerprint density at radius 1 is 1.10 bits per heavy atom. The van der Waals surface area contributed by atoms with Gasteiger partial charge in [-0.25, -0.2) is 5.01 Å². The van der Waals surface area contributed by atoms with Gasteiger partial charge in [-0.15, -0.1) is 11.8 Å². The predicted octanol–water partition coefficient (Wildman–Crippen LogP) is 5.56. The van der Waals surface area contributed by atoms with Crippen LogP contribution >= 0.6 is 11.8 Å². The third kappa shape index (κ3) is 3.08. The van der Waals surface area contributed by atoms with Crippen molar-refractivity contribution in [2.45, 2.75) is 30.5 Å². The van der Waals surface area contributed by atoms with Crippen LogP contribution < -0.4 is 9.47 Å². The summed E-state index contributed by atoms with van der Waals surface area (Å²) < 4.78 is 17.9. The summed E-state index contributed by atoms with van der Waals surface area (Å²) in [5, 5.41) is 6.99. The molecule has 5 nitrogen and oxygen atoms in total. The van der Waals surface area contributed by atoms with E-state index in [1.54, 1.807) is 18.9 Å². The number of hydrogen-bond acceptors (Lipinski definition) is 6. The van der Waals surface area contributed by atoms with E-state index in [2.05, 4.69) is 41.6 Å². The molecule has 29 heavy (non-hydrogen) atoms. The zero-order valence-electron chi connectivity index (χ0n) is 16.6. The molecule has 3 aromatic rings. The molecule has 2 aliphatic heterocycles. The molecule has 2 unspecified atom stereocenters. The van der Waals surface area contributed by atoms with Crippen molar-refractivity contribution in [3.63, 3.8) is 0 Å². The molecule has 148 valence electrons. The lowest BCUT2D eigenvalue weighted by atomic mass is 9.97. The van der Waals surface area contributed by atoms with Crippen molar-refractivity contribution in [2.75, 3.05) is 13.4 Å². The second kappa shape index (κ2) is 7.19. The molecule has 0 saturated heterocycles. The Morgan fingerprint density at radius 3 is 2.62 bits per heavy atom. The van der Waals surface area contributed by atoms with Crippen LogP contribution in [0.2, 0.25) is 0 Å². The number of rotatable bonds is 4. The van der Waals surface area contributed by atoms with Crippen LogP contribution in [0, 0.1) is 6.92 Å². The molecule has 0 amide bonds. The van der Waals surface area contributed by atoms with Gasteiger partial charge in [0.2, 0.25) is 6.23 Å². The maximum atomic E-state index is 6.47. The lowest BCUT2D eigenvalue weighted by Gasteiger charge is -2.38. The van der Waals surface area contributed by atoms with Crippen LogP contribution in [0.5, 0.6) is 11.5 Å². The lowest BCUT2D eigenvalue weighted by Crippen LogP contribution is -2.33. The van der Waals surface area contributed by atoms with E-state index in [0.29, 0.717) is 0 Å². The van der Waals surface area contributed by atoms with Crippen molar-refractivity contribution in [3.8, 4) is 11.5 Å². The average molecular weight is 407 g/mol. The molecule has 5 rings (SSSR count). The highest BCUT2D eigenvalue weighted by molar-refractivity contribution is 7.98. The van der Waals surface area contributed by atoms with Gasteiger partial charge in [-0.2, -0.15) is 5.10 Å². The van der Waals surface area contributed by atoms with Gasteiger partial charge in [0.15, 0.2) is 11.5 Å². The highest BCUT2D eigenvalue weighted by Gasteiger charge is 2.42. The summed E-state index contributed by atoms with van der Waals surface area (Å²) in [7, 11) is 1.68. The van der Waals surface area contributed by atoms with Gasteiger partial charge in [0.1, 0.15) is 17.2 Å². The summed E-state index contributed by atoms with van der Waals surface area (Å²) in [6, 6.07) is 18.5. The molecule has 2 atom stereocenters. The zero-order chi connectivity index (χ0) is 20.0. The summed E-state index contributed by atoms with van der Waals surface area (Å²) in [5.41, 5.74) is 3.08. The van der Waals surface area contributed by atoms with Crippen molar-refractivity contribution >= 4 is 17.5 Å². The molecular formula is C23H22N2O3S. The van der Waals surface area contributed by atoms with Crippen LogP contribution in [0.4, 0.5) is 0 Å². The SMILES string of the molecule is COc1cccc2c1OC(c1ccc(SC)cc1)N1N=C(c3ccc(C)o3)CC21. The number of ether oxygens (including phenoxy) is 2. The van der Waals surface area contributed by atoms with Gasteiger partial charge in [0.25, 0.3) is 0 Å². The van der Waals surface area contributed by atoms with Gasteiger partial charge in [-0.3, -0.25) is 0 Å². The fourth-order valence-electron chi connectivity index (χ4n) is 3.97. The van der Waals surface area contributed by atoms with E-state index in [9.17, 15) is 0 Å². The Kier molecular flexibility index (Phi) is 4.51. The third-order valence-electron chi connectivity index (χ3n) is 5.43. The summed E-state index contributed by atoms with van der Waals surface area (Å²) in [6.45, 7) is 1.95. The standard InChI is InChI=1S/C23H22N2O3S/c1-14-7-12-20(27-14)18-13-19-17-5-4-6-21(26-2)22(17)28-23(25(19)24-18)15-8-10-16(29-3)11-9-15/h4-12,19,23H,13H2,1-3H3. The first kappa shape index (κ1) is 18.2. The number of nitrogens with zero attached hydrogens (tertiary/aromatic N) is 2. The highest BCUT2D eigenvalue weighted by Crippen LogP contribution is 2.50. The summed E-state index contributed by atoms with van der Waals surface area (Å²) >= 11 is 1.72. The molecule has 0 fully saturated rings. The molecule has 6 heteroatoms. The molecule has 0 spiro atoms. The lowest BCUT2D eigenvalue weighted by molar-refractivity contribution is -0.0209. The number of fused-ring (bicyclic) bond motifs is 3. The van der Waals surface area contributed by atoms with E-state index in [-0.39, 0.29) is 12.3 Å². The molecule has 2 aromatic carbocycles. The van der Waals surface area contributed by atoms with Gasteiger partial charge in [-0.05, 0) is 43.5 Å². The van der Waals surface area contributed by atoms with Crippen molar-refractivity contribution in [3.05, 3.63) is 77.2 Å². The van der Waals surface area contributed by atoms with Gasteiger partial charge >= 0.3 is 0 Å². The van der Waals surface area contributed by atoms with Crippen molar-refractivity contribution < 1.29 is 13.9 Å². The van der Waals surface area contributed by atoms with Crippen LogP contribution in [0.3, 0.4) is 0 Å². The van der Waals surface area contributed by atoms with Crippen LogP contribution in [0.1, 0.15) is 41.3 Å². The van der Waals surface area contributed by atoms with Gasteiger partial charge in [0, 0.05) is 22.4 Å². The number of aryl methyl sites for hydroxylation is 1. The number of benzene rings is 2. The van der Waals surface area contributed by atoms with E-state index >= 15 is 0 Å². The molecule has 0 bridgehead atoms. The van der Waals surface area contributed by atoms with Crippen molar-refractivity contribution in [1.82, 2.24) is 5.01 Å². The van der Waals surface area contributed by atoms with Crippen LogP contribution in [0.25, 0.3) is 0 Å². The topological polar surface area (TPSA) is 47.2 Å². The number of furan rings is 1. The van der Waals surface area contributed by atoms with E-state index in [1.165, 1.54) is 4.90 Å². The quantitative estimate of drug-likeness (QED) is 0.531. The third-order valence-corrected chi connectivity index (χ3v) is 6.17. The van der Waals surface area contributed by atoms with E-state index in [1.807, 2.05) is 31.2 Å². The fourth-order valence-corrected chi connectivity index (χ4v) is 4.38. The van der Waals surface area contributed by atoms with Gasteiger partial charge in [0.05, 0.1) is 13.2 Å². The first-order valence-corrected chi connectivity index (χ1v) is 10.8. The number of hydrogen-bond donors (Lipinski definition) is 0. The molecule has 0 N–H and O–H groups in total. The summed E-state index contributed by atoms with van der Waals surface area (Å²) in [4.78, 5) is 1.22. The maximum Gasteiger partial charge on any atom is 0.214 e. The Morgan fingerprint density at radius 2 is 1.93 bits per heavy atom. The largest absolute Gasteiger partial charge is 0.493 e. The smallest absolute Gasteiger partial charge is 0.214 e. The maximum absolute atomic E-state index is 6.47. The second-order valence-electron chi connectivity index (χ2n) is 7.18. The Labute approximate surface area is 174 Å². The van der Waals surface area contributed by atoms with Crippen LogP contribution in [-0.4, -0.2) is 24.1 Å². The fraction of sp³-hybridized carbons (Fsp3) is 0.261. The monoisotopic (exact) mass is 406 g/mol. The van der Waals surface area contributed by atoms with E-state index in [0.717, 1.165) is 46.3 Å². The molecule has 1 aromatic heterocycles. The molecule has 0 radical (unpaired) electrons. The van der Waals surface area contributed by atoms with Crippen molar-refractivity contribution in [2.24, 2.45) is 5.10 Å². The van der Waals surface area contributed by atoms with E-state index < -0.39 is 0 Å². The minimum absolute atomic E-state index is 0.0690. The number of para-hydroxylation sites is 1. The van der Waals surface area contributed by atoms with Crippen LogP contribution in [0.15, 0.2) is 69.0 Å². The predicted molar refractivity (Wildman–Crippen MR) is 114 cm³/mol. The molecule has 0 saturated carbocycles. The Hall–Kier alpha value is -2.86. The first-order valence-electron chi connectivity index (χ1n) is 9.58. The normalized spacial score (nSPS) is 20.0. The number of hydrazone groups is 1. The summed E-state index contributed by atoms with van der Waals surface area (Å²) in [5.74, 6) is 3.24. The highest BCUT2D eigenvalue weighted by atomic mass is 32.2. The molecular weight excluding hydrogens is 384 g/mol. The second-order valence-corrected chi connectivity index (χ2v) is 8.06. The van der Waals surface area contributed by atoms with Gasteiger partial charge in [-0.1, -0.05) is 24.3 Å². The van der Waals surface area contributed by atoms with E-state index in [4.69, 9.17) is 19.0 Å². The summed E-state index contributed by atoms with van der Waals surface area (Å²) in [6.07, 6.45) is 2.51.